The van der Waals surface area contributed by atoms with Crippen LogP contribution < -0.4 is 10.1 Å². The van der Waals surface area contributed by atoms with Gasteiger partial charge in [0.2, 0.25) is 0 Å². The molecular weight excluding hydrogens is 334 g/mol. The second-order valence-corrected chi connectivity index (χ2v) is 6.56. The summed E-state index contributed by atoms with van der Waals surface area (Å²) in [5.41, 5.74) is 0.201. The summed E-state index contributed by atoms with van der Waals surface area (Å²) in [6.45, 7) is 5.04. The first-order chi connectivity index (χ1) is 12.2. The maximum absolute atomic E-state index is 12.1. The van der Waals surface area contributed by atoms with Gasteiger partial charge in [-0.2, -0.15) is 0 Å². The van der Waals surface area contributed by atoms with Gasteiger partial charge < -0.3 is 14.8 Å². The lowest BCUT2D eigenvalue weighted by Crippen LogP contribution is -2.35. The second-order valence-electron chi connectivity index (χ2n) is 6.56. The first-order valence-electron chi connectivity index (χ1n) is 8.12. The molecule has 2 aromatic carbocycles. The molecule has 0 bridgehead atoms. The predicted molar refractivity (Wildman–Crippen MR) is 96.4 cm³/mol. The number of hydrogen-bond donors (Lipinski definition) is 1. The van der Waals surface area contributed by atoms with Gasteiger partial charge in [-0.25, -0.2) is 9.59 Å². The molecular formula is C20H21NO5. The molecule has 136 valence electrons. The van der Waals surface area contributed by atoms with Crippen molar-refractivity contribution in [3.05, 3.63) is 65.7 Å². The molecule has 2 aromatic rings. The van der Waals surface area contributed by atoms with E-state index in [2.05, 4.69) is 5.32 Å². The van der Waals surface area contributed by atoms with Crippen molar-refractivity contribution in [2.24, 2.45) is 0 Å². The normalized spacial score (nSPS) is 10.7. The average molecular weight is 355 g/mol. The largest absolute Gasteiger partial charge is 0.444 e. The lowest BCUT2D eigenvalue weighted by Gasteiger charge is -2.19. The van der Waals surface area contributed by atoms with Crippen molar-refractivity contribution in [3.63, 3.8) is 0 Å². The van der Waals surface area contributed by atoms with Crippen LogP contribution in [0.3, 0.4) is 0 Å². The van der Waals surface area contributed by atoms with Crippen molar-refractivity contribution in [2.45, 2.75) is 26.4 Å². The van der Waals surface area contributed by atoms with Crippen molar-refractivity contribution in [3.8, 4) is 5.75 Å². The number of amides is 1. The highest BCUT2D eigenvalue weighted by Gasteiger charge is 2.17. The van der Waals surface area contributed by atoms with Crippen molar-refractivity contribution in [1.29, 1.82) is 0 Å². The highest BCUT2D eigenvalue weighted by molar-refractivity contribution is 5.99. The second kappa shape index (κ2) is 8.29. The Labute approximate surface area is 152 Å². The van der Waals surface area contributed by atoms with E-state index >= 15 is 0 Å². The first-order valence-corrected chi connectivity index (χ1v) is 8.12. The van der Waals surface area contributed by atoms with Crippen LogP contribution in [0.2, 0.25) is 0 Å². The summed E-state index contributed by atoms with van der Waals surface area (Å²) in [5.74, 6) is -0.427. The van der Waals surface area contributed by atoms with Gasteiger partial charge in [-0.1, -0.05) is 18.2 Å². The predicted octanol–water partition coefficient (Wildman–Crippen LogP) is 3.61. The Morgan fingerprint density at radius 3 is 2.08 bits per heavy atom. The summed E-state index contributed by atoms with van der Waals surface area (Å²) in [7, 11) is 0. The monoisotopic (exact) mass is 355 g/mol. The number of ketones is 1. The standard InChI is InChI=1S/C20H21NO5/c1-20(2,3)26-19(24)21-13-17(22)14-9-11-16(12-10-14)25-18(23)15-7-5-4-6-8-15/h4-12H,13H2,1-3H3,(H,21,24). The van der Waals surface area contributed by atoms with E-state index in [9.17, 15) is 14.4 Å². The minimum atomic E-state index is -0.653. The van der Waals surface area contributed by atoms with Gasteiger partial charge in [0.05, 0.1) is 12.1 Å². The number of alkyl carbamates (subject to hydrolysis) is 1. The van der Waals surface area contributed by atoms with E-state index < -0.39 is 17.7 Å². The third-order valence-corrected chi connectivity index (χ3v) is 3.19. The van der Waals surface area contributed by atoms with Crippen molar-refractivity contribution >= 4 is 17.8 Å². The Kier molecular flexibility index (Phi) is 6.11. The number of ether oxygens (including phenoxy) is 2. The highest BCUT2D eigenvalue weighted by atomic mass is 16.6. The van der Waals surface area contributed by atoms with Gasteiger partial charge in [-0.3, -0.25) is 4.79 Å². The zero-order chi connectivity index (χ0) is 19.2. The zero-order valence-electron chi connectivity index (χ0n) is 14.9. The summed E-state index contributed by atoms with van der Waals surface area (Å²) < 4.78 is 10.3. The molecule has 0 heterocycles. The summed E-state index contributed by atoms with van der Waals surface area (Å²) >= 11 is 0. The number of Topliss-reactive ketones (excluding diaryl/α,β-unsaturated/α-hetero) is 1. The maximum atomic E-state index is 12.1. The highest BCUT2D eigenvalue weighted by Crippen LogP contribution is 2.15. The summed E-state index contributed by atoms with van der Waals surface area (Å²) in [6.07, 6.45) is -0.653. The number of rotatable bonds is 5. The molecule has 0 spiro atoms. The fourth-order valence-corrected chi connectivity index (χ4v) is 2.02. The van der Waals surface area contributed by atoms with Crippen molar-refractivity contribution in [2.75, 3.05) is 6.54 Å². The third-order valence-electron chi connectivity index (χ3n) is 3.19. The molecule has 0 aromatic heterocycles. The van der Waals surface area contributed by atoms with Crippen LogP contribution in [0.4, 0.5) is 4.79 Å². The molecule has 0 unspecified atom stereocenters. The van der Waals surface area contributed by atoms with Gasteiger partial charge in [0.1, 0.15) is 11.4 Å². The molecule has 0 fully saturated rings. The lowest BCUT2D eigenvalue weighted by atomic mass is 10.1. The zero-order valence-corrected chi connectivity index (χ0v) is 14.9. The molecule has 26 heavy (non-hydrogen) atoms. The summed E-state index contributed by atoms with van der Waals surface area (Å²) in [4.78, 5) is 35.6. The van der Waals surface area contributed by atoms with Gasteiger partial charge in [0, 0.05) is 5.56 Å². The summed E-state index contributed by atoms with van der Waals surface area (Å²) in [5, 5.41) is 2.41. The van der Waals surface area contributed by atoms with E-state index in [1.165, 1.54) is 24.3 Å². The van der Waals surface area contributed by atoms with E-state index in [1.54, 1.807) is 45.0 Å². The van der Waals surface area contributed by atoms with Crippen LogP contribution in [0, 0.1) is 0 Å². The van der Waals surface area contributed by atoms with Gasteiger partial charge in [-0.05, 0) is 57.2 Å². The molecule has 0 aliphatic carbocycles. The van der Waals surface area contributed by atoms with E-state index in [0.717, 1.165) is 0 Å². The van der Waals surface area contributed by atoms with Crippen molar-refractivity contribution < 1.29 is 23.9 Å². The fourth-order valence-electron chi connectivity index (χ4n) is 2.02. The number of carbonyl (C=O) groups excluding carboxylic acids is 3. The number of benzene rings is 2. The molecule has 6 heteroatoms. The molecule has 2 rings (SSSR count). The van der Waals surface area contributed by atoms with E-state index in [4.69, 9.17) is 9.47 Å². The third kappa shape index (κ3) is 6.05. The van der Waals surface area contributed by atoms with Crippen LogP contribution in [0.5, 0.6) is 5.75 Å². The van der Waals surface area contributed by atoms with Gasteiger partial charge in [0.25, 0.3) is 0 Å². The van der Waals surface area contributed by atoms with Crippen LogP contribution in [-0.2, 0) is 4.74 Å². The van der Waals surface area contributed by atoms with E-state index in [-0.39, 0.29) is 12.3 Å². The summed E-state index contributed by atoms with van der Waals surface area (Å²) in [6, 6.07) is 14.7. The van der Waals surface area contributed by atoms with Gasteiger partial charge >= 0.3 is 12.1 Å². The molecule has 1 amide bonds. The van der Waals surface area contributed by atoms with Crippen LogP contribution in [-0.4, -0.2) is 30.0 Å². The molecule has 0 radical (unpaired) electrons. The lowest BCUT2D eigenvalue weighted by molar-refractivity contribution is 0.0520. The number of hydrogen-bond acceptors (Lipinski definition) is 5. The average Bonchev–Trinajstić information content (AvgIpc) is 2.59. The Hall–Kier alpha value is -3.15. The number of esters is 1. The maximum Gasteiger partial charge on any atom is 0.408 e. The molecule has 0 aliphatic rings. The van der Waals surface area contributed by atoms with Crippen LogP contribution in [0.1, 0.15) is 41.5 Å². The Morgan fingerprint density at radius 2 is 1.50 bits per heavy atom. The van der Waals surface area contributed by atoms with Crippen LogP contribution >= 0.6 is 0 Å². The molecule has 0 saturated heterocycles. The quantitative estimate of drug-likeness (QED) is 0.503. The smallest absolute Gasteiger partial charge is 0.408 e. The van der Waals surface area contributed by atoms with Gasteiger partial charge in [-0.15, -0.1) is 0 Å². The molecule has 1 N–H and O–H groups in total. The molecule has 0 aliphatic heterocycles. The van der Waals surface area contributed by atoms with Crippen LogP contribution in [0.25, 0.3) is 0 Å². The minimum Gasteiger partial charge on any atom is -0.444 e. The van der Waals surface area contributed by atoms with E-state index in [0.29, 0.717) is 16.9 Å². The Morgan fingerprint density at radius 1 is 0.885 bits per heavy atom. The van der Waals surface area contributed by atoms with Crippen molar-refractivity contribution in [1.82, 2.24) is 5.32 Å². The molecule has 6 nitrogen and oxygen atoms in total. The SMILES string of the molecule is CC(C)(C)OC(=O)NCC(=O)c1ccc(OC(=O)c2ccccc2)cc1. The number of nitrogens with one attached hydrogen (secondary N) is 1. The van der Waals surface area contributed by atoms with Gasteiger partial charge in [0.15, 0.2) is 5.78 Å². The van der Waals surface area contributed by atoms with E-state index in [1.807, 2.05) is 6.07 Å². The number of carbonyl (C=O) groups is 3. The molecule has 0 atom stereocenters. The van der Waals surface area contributed by atoms with Crippen LogP contribution in [0.15, 0.2) is 54.6 Å². The minimum absolute atomic E-state index is 0.182. The first kappa shape index (κ1) is 19.2. The Balaban J connectivity index is 1.89. The fraction of sp³-hybridized carbons (Fsp3) is 0.250. The topological polar surface area (TPSA) is 81.7 Å². The Bertz CT molecular complexity index is 776. The molecule has 0 saturated carbocycles.